The lowest BCUT2D eigenvalue weighted by Gasteiger charge is -2.29. The lowest BCUT2D eigenvalue weighted by molar-refractivity contribution is -0.119. The molecule has 0 spiro atoms. The van der Waals surface area contributed by atoms with E-state index in [2.05, 4.69) is 5.32 Å². The molecule has 1 heterocycles. The van der Waals surface area contributed by atoms with Crippen LogP contribution in [0.15, 0.2) is 18.2 Å². The Kier molecular flexibility index (Phi) is 4.75. The number of nitrogens with one attached hydrogen (secondary N) is 1. The molecule has 4 N–H and O–H groups in total. The van der Waals surface area contributed by atoms with E-state index in [1.165, 1.54) is 6.92 Å². The van der Waals surface area contributed by atoms with E-state index in [1.807, 2.05) is 26.0 Å². The van der Waals surface area contributed by atoms with Crippen molar-refractivity contribution in [2.45, 2.75) is 38.8 Å². The van der Waals surface area contributed by atoms with E-state index in [9.17, 15) is 14.7 Å². The SMILES string of the molecule is CC(=O)N[C@@H](CO)CC(=O)c1ccc2c(c1N)C=CC(C)(C)O2. The number of carbonyl (C=O) groups is 2. The Labute approximate surface area is 135 Å². The van der Waals surface area contributed by atoms with E-state index in [1.54, 1.807) is 12.1 Å². The zero-order chi connectivity index (χ0) is 17.2. The van der Waals surface area contributed by atoms with Crippen LogP contribution in [0, 0.1) is 0 Å². The first-order chi connectivity index (χ1) is 10.7. The molecule has 6 nitrogen and oxygen atoms in total. The largest absolute Gasteiger partial charge is 0.483 e. The number of rotatable bonds is 5. The second-order valence-electron chi connectivity index (χ2n) is 6.18. The minimum absolute atomic E-state index is 0.0187. The highest BCUT2D eigenvalue weighted by atomic mass is 16.5. The van der Waals surface area contributed by atoms with E-state index in [0.29, 0.717) is 22.6 Å². The van der Waals surface area contributed by atoms with E-state index >= 15 is 0 Å². The molecule has 1 aromatic rings. The summed E-state index contributed by atoms with van der Waals surface area (Å²) in [5, 5.41) is 11.8. The Bertz CT molecular complexity index is 665. The van der Waals surface area contributed by atoms with Gasteiger partial charge >= 0.3 is 0 Å². The molecule has 124 valence electrons. The first kappa shape index (κ1) is 17.0. The monoisotopic (exact) mass is 318 g/mol. The first-order valence-electron chi connectivity index (χ1n) is 7.45. The molecular formula is C17H22N2O4. The number of aliphatic hydroxyl groups excluding tert-OH is 1. The number of hydrogen-bond donors (Lipinski definition) is 3. The van der Waals surface area contributed by atoms with Crippen molar-refractivity contribution in [2.75, 3.05) is 12.3 Å². The summed E-state index contributed by atoms with van der Waals surface area (Å²) in [7, 11) is 0. The van der Waals surface area contributed by atoms with Crippen LogP contribution in [0.2, 0.25) is 0 Å². The highest BCUT2D eigenvalue weighted by molar-refractivity contribution is 6.03. The number of nitrogens with two attached hydrogens (primary N) is 1. The van der Waals surface area contributed by atoms with Gasteiger partial charge in [0.25, 0.3) is 0 Å². The number of hydrogen-bond acceptors (Lipinski definition) is 5. The maximum Gasteiger partial charge on any atom is 0.217 e. The van der Waals surface area contributed by atoms with Crippen molar-refractivity contribution in [3.8, 4) is 5.75 Å². The summed E-state index contributed by atoms with van der Waals surface area (Å²) in [5.74, 6) is 0.0947. The first-order valence-corrected chi connectivity index (χ1v) is 7.45. The Hall–Kier alpha value is -2.34. The second kappa shape index (κ2) is 6.42. The number of aliphatic hydroxyl groups is 1. The molecule has 0 saturated heterocycles. The molecular weight excluding hydrogens is 296 g/mol. The summed E-state index contributed by atoms with van der Waals surface area (Å²) in [6.07, 6.45) is 3.71. The van der Waals surface area contributed by atoms with Crippen LogP contribution in [-0.2, 0) is 4.79 Å². The molecule has 1 aliphatic rings. The third-order valence-electron chi connectivity index (χ3n) is 3.63. The number of fused-ring (bicyclic) bond motifs is 1. The van der Waals surface area contributed by atoms with Crippen molar-refractivity contribution in [3.05, 3.63) is 29.3 Å². The Balaban J connectivity index is 2.24. The normalized spacial score (nSPS) is 16.2. The molecule has 0 radical (unpaired) electrons. The summed E-state index contributed by atoms with van der Waals surface area (Å²) in [6, 6.07) is 2.71. The van der Waals surface area contributed by atoms with E-state index < -0.39 is 11.6 Å². The van der Waals surface area contributed by atoms with Crippen molar-refractivity contribution in [3.63, 3.8) is 0 Å². The minimum Gasteiger partial charge on any atom is -0.483 e. The molecule has 0 aromatic heterocycles. The van der Waals surface area contributed by atoms with Crippen LogP contribution >= 0.6 is 0 Å². The smallest absolute Gasteiger partial charge is 0.217 e. The van der Waals surface area contributed by atoms with Gasteiger partial charge in [-0.25, -0.2) is 0 Å². The zero-order valence-corrected chi connectivity index (χ0v) is 13.6. The molecule has 1 aliphatic heterocycles. The van der Waals surface area contributed by atoms with Crippen LogP contribution in [-0.4, -0.2) is 35.0 Å². The molecule has 6 heteroatoms. The predicted molar refractivity (Wildman–Crippen MR) is 88.2 cm³/mol. The molecule has 1 aromatic carbocycles. The van der Waals surface area contributed by atoms with Crippen molar-refractivity contribution < 1.29 is 19.4 Å². The van der Waals surface area contributed by atoms with E-state index in [4.69, 9.17) is 10.5 Å². The Morgan fingerprint density at radius 3 is 2.70 bits per heavy atom. The second-order valence-corrected chi connectivity index (χ2v) is 6.18. The van der Waals surface area contributed by atoms with Crippen LogP contribution in [0.5, 0.6) is 5.75 Å². The van der Waals surface area contributed by atoms with Gasteiger partial charge in [0.05, 0.1) is 18.3 Å². The molecule has 0 fully saturated rings. The summed E-state index contributed by atoms with van der Waals surface area (Å²) >= 11 is 0. The number of nitrogen functional groups attached to an aromatic ring is 1. The number of ether oxygens (including phenoxy) is 1. The van der Waals surface area contributed by atoms with Crippen LogP contribution in [0.3, 0.4) is 0 Å². The standard InChI is InChI=1S/C17H22N2O4/c1-10(21)19-11(9-20)8-14(22)12-4-5-15-13(16(12)18)6-7-17(2,3)23-15/h4-7,11,20H,8-9,18H2,1-3H3,(H,19,21)/t11-/m1/s1. The van der Waals surface area contributed by atoms with Crippen LogP contribution in [0.25, 0.3) is 6.08 Å². The highest BCUT2D eigenvalue weighted by Gasteiger charge is 2.25. The van der Waals surface area contributed by atoms with Gasteiger partial charge in [0.2, 0.25) is 5.91 Å². The van der Waals surface area contributed by atoms with E-state index in [0.717, 1.165) is 0 Å². The Morgan fingerprint density at radius 1 is 1.39 bits per heavy atom. The van der Waals surface area contributed by atoms with Crippen LogP contribution in [0.4, 0.5) is 5.69 Å². The average Bonchev–Trinajstić information content (AvgIpc) is 2.45. The quantitative estimate of drug-likeness (QED) is 0.564. The van der Waals surface area contributed by atoms with Gasteiger partial charge in [-0.05, 0) is 38.1 Å². The maximum atomic E-state index is 12.4. The number of Topliss-reactive ketones (excluding diaryl/α,β-unsaturated/α-hetero) is 1. The fraction of sp³-hybridized carbons (Fsp3) is 0.412. The van der Waals surface area contributed by atoms with Crippen molar-refractivity contribution in [1.29, 1.82) is 0 Å². The lowest BCUT2D eigenvalue weighted by atomic mass is 9.95. The topological polar surface area (TPSA) is 102 Å². The number of carbonyl (C=O) groups excluding carboxylic acids is 2. The molecule has 1 amide bonds. The maximum absolute atomic E-state index is 12.4. The average molecular weight is 318 g/mol. The predicted octanol–water partition coefficient (Wildman–Crippen LogP) is 1.52. The fourth-order valence-electron chi connectivity index (χ4n) is 2.50. The molecule has 1 atom stereocenters. The number of amides is 1. The van der Waals surface area contributed by atoms with Gasteiger partial charge < -0.3 is 20.9 Å². The van der Waals surface area contributed by atoms with Crippen molar-refractivity contribution in [1.82, 2.24) is 5.32 Å². The van der Waals surface area contributed by atoms with Gasteiger partial charge in [0.1, 0.15) is 11.4 Å². The summed E-state index contributed by atoms with van der Waals surface area (Å²) in [4.78, 5) is 23.5. The van der Waals surface area contributed by atoms with Gasteiger partial charge in [0.15, 0.2) is 5.78 Å². The highest BCUT2D eigenvalue weighted by Crippen LogP contribution is 2.36. The molecule has 2 rings (SSSR count). The van der Waals surface area contributed by atoms with Gasteiger partial charge in [-0.2, -0.15) is 0 Å². The lowest BCUT2D eigenvalue weighted by Crippen LogP contribution is -2.37. The van der Waals surface area contributed by atoms with Crippen molar-refractivity contribution in [2.24, 2.45) is 0 Å². The zero-order valence-electron chi connectivity index (χ0n) is 13.6. The third-order valence-corrected chi connectivity index (χ3v) is 3.63. The van der Waals surface area contributed by atoms with E-state index in [-0.39, 0.29) is 24.7 Å². The van der Waals surface area contributed by atoms with Gasteiger partial charge in [-0.15, -0.1) is 0 Å². The molecule has 0 aliphatic carbocycles. The molecule has 0 bridgehead atoms. The van der Waals surface area contributed by atoms with Crippen molar-refractivity contribution >= 4 is 23.5 Å². The van der Waals surface area contributed by atoms with Crippen LogP contribution < -0.4 is 15.8 Å². The molecule has 23 heavy (non-hydrogen) atoms. The molecule has 0 saturated carbocycles. The van der Waals surface area contributed by atoms with Crippen LogP contribution in [0.1, 0.15) is 43.1 Å². The summed E-state index contributed by atoms with van der Waals surface area (Å²) in [5.41, 5.74) is 7.08. The Morgan fingerprint density at radius 2 is 2.09 bits per heavy atom. The minimum atomic E-state index is -0.624. The number of ketones is 1. The fourth-order valence-corrected chi connectivity index (χ4v) is 2.50. The molecule has 0 unspecified atom stereocenters. The third kappa shape index (κ3) is 3.90. The summed E-state index contributed by atoms with van der Waals surface area (Å²) < 4.78 is 5.81. The number of benzene rings is 1. The van der Waals surface area contributed by atoms with Gasteiger partial charge in [-0.1, -0.05) is 0 Å². The number of anilines is 1. The van der Waals surface area contributed by atoms with Gasteiger partial charge in [0, 0.05) is 24.5 Å². The van der Waals surface area contributed by atoms with Gasteiger partial charge in [-0.3, -0.25) is 9.59 Å². The summed E-state index contributed by atoms with van der Waals surface area (Å²) in [6.45, 7) is 4.89.